The maximum absolute atomic E-state index is 10.8. The molecule has 0 radical (unpaired) electrons. The Bertz CT molecular complexity index is 278. The maximum Gasteiger partial charge on any atom is 1.00 e. The number of ether oxygens (including phenoxy) is 1. The van der Waals surface area contributed by atoms with Crippen molar-refractivity contribution in [1.29, 1.82) is 0 Å². The minimum atomic E-state index is -4.71. The molecular weight excluding hydrogens is 219 g/mol. The quantitative estimate of drug-likeness (QED) is 0.400. The molecular formula is C7H13NaO5S. The van der Waals surface area contributed by atoms with Gasteiger partial charge in [0, 0.05) is 7.11 Å². The molecule has 1 N–H and O–H groups in total. The van der Waals surface area contributed by atoms with E-state index in [1.807, 2.05) is 0 Å². The van der Waals surface area contributed by atoms with Gasteiger partial charge in [-0.15, -0.1) is 0 Å². The molecule has 0 aliphatic heterocycles. The molecule has 78 valence electrons. The minimum absolute atomic E-state index is 0. The van der Waals surface area contributed by atoms with Gasteiger partial charge >= 0.3 is 29.6 Å². The SMILES string of the molecule is COC1CCCCC1(O)S(=O)(=O)[O-].[Na+]. The van der Waals surface area contributed by atoms with Gasteiger partial charge in [0.15, 0.2) is 4.93 Å². The maximum atomic E-state index is 10.8. The van der Waals surface area contributed by atoms with Crippen LogP contribution >= 0.6 is 0 Å². The van der Waals surface area contributed by atoms with Crippen LogP contribution in [0.25, 0.3) is 0 Å². The zero-order valence-corrected chi connectivity index (χ0v) is 11.2. The third-order valence-corrected chi connectivity index (χ3v) is 3.80. The summed E-state index contributed by atoms with van der Waals surface area (Å²) >= 11 is 0. The van der Waals surface area contributed by atoms with Crippen LogP contribution in [0, 0.1) is 0 Å². The van der Waals surface area contributed by atoms with Crippen LogP contribution < -0.4 is 29.6 Å². The van der Waals surface area contributed by atoms with Crippen LogP contribution in [0.15, 0.2) is 0 Å². The van der Waals surface area contributed by atoms with E-state index in [1.165, 1.54) is 7.11 Å². The molecule has 1 aliphatic rings. The second-order valence-corrected chi connectivity index (χ2v) is 4.88. The molecule has 2 atom stereocenters. The first-order valence-electron chi connectivity index (χ1n) is 4.12. The summed E-state index contributed by atoms with van der Waals surface area (Å²) in [6, 6.07) is 0. The van der Waals surface area contributed by atoms with Crippen molar-refractivity contribution in [3.63, 3.8) is 0 Å². The normalized spacial score (nSPS) is 33.5. The fourth-order valence-corrected chi connectivity index (χ4v) is 2.61. The van der Waals surface area contributed by atoms with Crippen molar-refractivity contribution in [2.75, 3.05) is 7.11 Å². The molecule has 0 bridgehead atoms. The van der Waals surface area contributed by atoms with Gasteiger partial charge in [0.25, 0.3) is 0 Å². The summed E-state index contributed by atoms with van der Waals surface area (Å²) in [5.41, 5.74) is 0. The summed E-state index contributed by atoms with van der Waals surface area (Å²) < 4.78 is 37.2. The zero-order valence-electron chi connectivity index (χ0n) is 8.39. The van der Waals surface area contributed by atoms with E-state index in [2.05, 4.69) is 0 Å². The molecule has 1 saturated carbocycles. The van der Waals surface area contributed by atoms with E-state index in [4.69, 9.17) is 4.74 Å². The second-order valence-electron chi connectivity index (χ2n) is 3.27. The summed E-state index contributed by atoms with van der Waals surface area (Å²) in [6.45, 7) is 0. The average molecular weight is 232 g/mol. The Balaban J connectivity index is 0.00000169. The van der Waals surface area contributed by atoms with E-state index in [9.17, 15) is 18.1 Å². The summed E-state index contributed by atoms with van der Waals surface area (Å²) in [7, 11) is -3.41. The Morgan fingerprint density at radius 2 is 2.07 bits per heavy atom. The van der Waals surface area contributed by atoms with Crippen molar-refractivity contribution in [3.8, 4) is 0 Å². The van der Waals surface area contributed by atoms with Gasteiger partial charge in [-0.05, 0) is 19.3 Å². The van der Waals surface area contributed by atoms with Crippen LogP contribution in [-0.4, -0.2) is 36.2 Å². The first-order chi connectivity index (χ1) is 5.92. The predicted molar refractivity (Wildman–Crippen MR) is 43.9 cm³/mol. The van der Waals surface area contributed by atoms with Crippen LogP contribution in [0.5, 0.6) is 0 Å². The van der Waals surface area contributed by atoms with Crippen molar-refractivity contribution < 1.29 is 52.4 Å². The smallest absolute Gasteiger partial charge is 0.746 e. The van der Waals surface area contributed by atoms with Gasteiger partial charge in [0.05, 0.1) is 6.10 Å². The van der Waals surface area contributed by atoms with Crippen LogP contribution in [0.4, 0.5) is 0 Å². The van der Waals surface area contributed by atoms with Gasteiger partial charge in [0.1, 0.15) is 10.1 Å². The Morgan fingerprint density at radius 3 is 2.43 bits per heavy atom. The van der Waals surface area contributed by atoms with Crippen LogP contribution in [0.1, 0.15) is 25.7 Å². The van der Waals surface area contributed by atoms with Crippen molar-refractivity contribution in [2.45, 2.75) is 36.7 Å². The van der Waals surface area contributed by atoms with Crippen molar-refractivity contribution in [3.05, 3.63) is 0 Å². The van der Waals surface area contributed by atoms with Gasteiger partial charge in [-0.2, -0.15) is 0 Å². The van der Waals surface area contributed by atoms with Gasteiger partial charge in [-0.1, -0.05) is 6.42 Å². The molecule has 2 unspecified atom stereocenters. The first-order valence-corrected chi connectivity index (χ1v) is 5.53. The van der Waals surface area contributed by atoms with E-state index in [0.29, 0.717) is 12.8 Å². The first kappa shape index (κ1) is 14.8. The van der Waals surface area contributed by atoms with Gasteiger partial charge in [-0.25, -0.2) is 8.42 Å². The molecule has 7 heteroatoms. The molecule has 0 aromatic heterocycles. The molecule has 0 heterocycles. The Labute approximate surface area is 106 Å². The third kappa shape index (κ3) is 2.69. The average Bonchev–Trinajstić information content (AvgIpc) is 2.03. The van der Waals surface area contributed by atoms with Crippen LogP contribution in [0.2, 0.25) is 0 Å². The largest absolute Gasteiger partial charge is 1.00 e. The summed E-state index contributed by atoms with van der Waals surface area (Å²) in [5, 5.41) is 9.64. The Morgan fingerprint density at radius 1 is 1.50 bits per heavy atom. The number of methoxy groups -OCH3 is 1. The second kappa shape index (κ2) is 5.25. The van der Waals surface area contributed by atoms with Crippen molar-refractivity contribution in [1.82, 2.24) is 0 Å². The molecule has 0 spiro atoms. The number of aliphatic hydroxyl groups is 1. The topological polar surface area (TPSA) is 86.7 Å². The number of hydrogen-bond acceptors (Lipinski definition) is 5. The Kier molecular flexibility index (Phi) is 5.56. The number of rotatable bonds is 2. The standard InChI is InChI=1S/C7H14O5S.Na/c1-12-6-4-2-3-5-7(6,8)13(9,10)11;/h6,8H,2-5H2,1H3,(H,9,10,11);/q;+1/p-1. The van der Waals surface area contributed by atoms with Gasteiger partial charge in [-0.3, -0.25) is 0 Å². The fraction of sp³-hybridized carbons (Fsp3) is 1.00. The molecule has 0 amide bonds. The van der Waals surface area contributed by atoms with E-state index in [1.54, 1.807) is 0 Å². The molecule has 14 heavy (non-hydrogen) atoms. The molecule has 0 aromatic carbocycles. The molecule has 1 rings (SSSR count). The summed E-state index contributed by atoms with van der Waals surface area (Å²) in [4.78, 5) is -2.22. The van der Waals surface area contributed by atoms with Gasteiger partial charge in [0.2, 0.25) is 0 Å². The summed E-state index contributed by atoms with van der Waals surface area (Å²) in [6.07, 6.45) is 0.809. The number of hydrogen-bond donors (Lipinski definition) is 1. The molecule has 0 saturated heterocycles. The predicted octanol–water partition coefficient (Wildman–Crippen LogP) is -3.19. The van der Waals surface area contributed by atoms with Crippen molar-refractivity contribution >= 4 is 10.1 Å². The minimum Gasteiger partial charge on any atom is -0.746 e. The fourth-order valence-electron chi connectivity index (χ4n) is 1.68. The van der Waals surface area contributed by atoms with E-state index < -0.39 is 21.2 Å². The Hall–Kier alpha value is 0.830. The van der Waals surface area contributed by atoms with Crippen LogP contribution in [-0.2, 0) is 14.9 Å². The summed E-state index contributed by atoms with van der Waals surface area (Å²) in [5.74, 6) is 0. The van der Waals surface area contributed by atoms with Gasteiger partial charge < -0.3 is 14.4 Å². The van der Waals surface area contributed by atoms with E-state index in [-0.39, 0.29) is 36.0 Å². The zero-order chi connectivity index (χ0) is 10.1. The van der Waals surface area contributed by atoms with Crippen LogP contribution in [0.3, 0.4) is 0 Å². The van der Waals surface area contributed by atoms with Crippen molar-refractivity contribution in [2.24, 2.45) is 0 Å². The molecule has 0 aromatic rings. The van der Waals surface area contributed by atoms with E-state index >= 15 is 0 Å². The molecule has 5 nitrogen and oxygen atoms in total. The molecule has 1 aliphatic carbocycles. The van der Waals surface area contributed by atoms with E-state index in [0.717, 1.165) is 6.42 Å². The monoisotopic (exact) mass is 232 g/mol. The molecule has 1 fully saturated rings. The third-order valence-electron chi connectivity index (χ3n) is 2.47.